The zero-order valence-corrected chi connectivity index (χ0v) is 8.64. The van der Waals surface area contributed by atoms with Gasteiger partial charge in [0.05, 0.1) is 0 Å². The van der Waals surface area contributed by atoms with Crippen molar-refractivity contribution in [1.29, 1.82) is 0 Å². The van der Waals surface area contributed by atoms with Crippen molar-refractivity contribution < 1.29 is 0 Å². The highest BCUT2D eigenvalue weighted by molar-refractivity contribution is 6.30. The molecule has 0 bridgehead atoms. The minimum absolute atomic E-state index is 0.858. The van der Waals surface area contributed by atoms with Crippen molar-refractivity contribution in [2.45, 2.75) is 26.4 Å². The largest absolute Gasteiger partial charge is 0.295 e. The highest BCUT2D eigenvalue weighted by Gasteiger charge is 2.17. The van der Waals surface area contributed by atoms with E-state index < -0.39 is 0 Å². The average Bonchev–Trinajstić information content (AvgIpc) is 2.46. The highest BCUT2D eigenvalue weighted by atomic mass is 35.5. The van der Waals surface area contributed by atoms with Crippen LogP contribution < -0.4 is 0 Å². The molecule has 0 N–H and O–H groups in total. The van der Waals surface area contributed by atoms with Gasteiger partial charge in [-0.05, 0) is 36.2 Å². The quantitative estimate of drug-likeness (QED) is 0.701. The van der Waals surface area contributed by atoms with Gasteiger partial charge in [-0.2, -0.15) is 0 Å². The van der Waals surface area contributed by atoms with Crippen molar-refractivity contribution in [3.63, 3.8) is 0 Å². The second-order valence-corrected chi connectivity index (χ2v) is 4.06. The first-order valence-electron chi connectivity index (χ1n) is 4.79. The standard InChI is InChI=1S/C11H14ClN/c1-2-5-13-7-9-3-4-11(12)6-10(9)8-13/h3-4,6H,2,5,7-8H2,1H3. The van der Waals surface area contributed by atoms with Crippen LogP contribution in [0.15, 0.2) is 18.2 Å². The van der Waals surface area contributed by atoms with Crippen molar-refractivity contribution in [3.8, 4) is 0 Å². The van der Waals surface area contributed by atoms with Crippen molar-refractivity contribution in [2.24, 2.45) is 0 Å². The smallest absolute Gasteiger partial charge is 0.0409 e. The lowest BCUT2D eigenvalue weighted by Crippen LogP contribution is -2.16. The van der Waals surface area contributed by atoms with Crippen molar-refractivity contribution >= 4 is 11.6 Å². The molecule has 1 nitrogen and oxygen atoms in total. The van der Waals surface area contributed by atoms with E-state index in [1.165, 1.54) is 24.1 Å². The number of rotatable bonds is 2. The van der Waals surface area contributed by atoms with E-state index in [9.17, 15) is 0 Å². The van der Waals surface area contributed by atoms with Gasteiger partial charge in [-0.25, -0.2) is 0 Å². The lowest BCUT2D eigenvalue weighted by molar-refractivity contribution is 0.285. The first-order chi connectivity index (χ1) is 6.29. The predicted octanol–water partition coefficient (Wildman–Crippen LogP) is 3.07. The molecule has 0 amide bonds. The summed E-state index contributed by atoms with van der Waals surface area (Å²) >= 11 is 5.93. The summed E-state index contributed by atoms with van der Waals surface area (Å²) in [6, 6.07) is 6.22. The number of nitrogens with zero attached hydrogens (tertiary/aromatic N) is 1. The summed E-state index contributed by atoms with van der Waals surface area (Å²) in [5.74, 6) is 0. The van der Waals surface area contributed by atoms with Crippen LogP contribution in [0.1, 0.15) is 24.5 Å². The Morgan fingerprint density at radius 1 is 1.31 bits per heavy atom. The summed E-state index contributed by atoms with van der Waals surface area (Å²) in [6.07, 6.45) is 1.22. The molecule has 2 rings (SSSR count). The second kappa shape index (κ2) is 3.69. The van der Waals surface area contributed by atoms with Gasteiger partial charge in [-0.1, -0.05) is 24.6 Å². The molecule has 0 atom stereocenters. The average molecular weight is 196 g/mol. The maximum atomic E-state index is 5.93. The lowest BCUT2D eigenvalue weighted by atomic mass is 10.1. The van der Waals surface area contributed by atoms with Gasteiger partial charge in [0, 0.05) is 18.1 Å². The van der Waals surface area contributed by atoms with Gasteiger partial charge in [0.15, 0.2) is 0 Å². The van der Waals surface area contributed by atoms with Gasteiger partial charge in [0.1, 0.15) is 0 Å². The third kappa shape index (κ3) is 1.87. The van der Waals surface area contributed by atoms with Crippen molar-refractivity contribution in [3.05, 3.63) is 34.3 Å². The summed E-state index contributed by atoms with van der Waals surface area (Å²) in [6.45, 7) is 5.58. The Kier molecular flexibility index (Phi) is 2.56. The number of benzene rings is 1. The third-order valence-corrected chi connectivity index (χ3v) is 2.73. The monoisotopic (exact) mass is 195 g/mol. The van der Waals surface area contributed by atoms with Gasteiger partial charge in [-0.3, -0.25) is 4.90 Å². The molecule has 0 saturated heterocycles. The summed E-state index contributed by atoms with van der Waals surface area (Å²) in [5, 5.41) is 0.858. The van der Waals surface area contributed by atoms with E-state index in [1.54, 1.807) is 0 Å². The third-order valence-electron chi connectivity index (χ3n) is 2.50. The number of fused-ring (bicyclic) bond motifs is 1. The van der Waals surface area contributed by atoms with Gasteiger partial charge in [-0.15, -0.1) is 0 Å². The summed E-state index contributed by atoms with van der Waals surface area (Å²) in [4.78, 5) is 2.46. The van der Waals surface area contributed by atoms with Crippen molar-refractivity contribution in [2.75, 3.05) is 6.54 Å². The molecular weight excluding hydrogens is 182 g/mol. The normalized spacial score (nSPS) is 16.2. The maximum absolute atomic E-state index is 5.93. The fraction of sp³-hybridized carbons (Fsp3) is 0.455. The molecule has 0 aromatic heterocycles. The van der Waals surface area contributed by atoms with Crippen LogP contribution in [0, 0.1) is 0 Å². The summed E-state index contributed by atoms with van der Waals surface area (Å²) in [7, 11) is 0. The zero-order chi connectivity index (χ0) is 9.26. The van der Waals surface area contributed by atoms with Crippen LogP contribution in [-0.4, -0.2) is 11.4 Å². The van der Waals surface area contributed by atoms with E-state index in [1.807, 2.05) is 6.07 Å². The Hall–Kier alpha value is -0.530. The minimum Gasteiger partial charge on any atom is -0.295 e. The van der Waals surface area contributed by atoms with Crippen LogP contribution in [-0.2, 0) is 13.1 Å². The molecule has 1 aromatic rings. The Balaban J connectivity index is 2.16. The molecule has 1 aliphatic heterocycles. The molecule has 0 aliphatic carbocycles. The number of halogens is 1. The molecule has 0 unspecified atom stereocenters. The lowest BCUT2D eigenvalue weighted by Gasteiger charge is -2.11. The Morgan fingerprint density at radius 2 is 2.08 bits per heavy atom. The molecular formula is C11H14ClN. The van der Waals surface area contributed by atoms with E-state index >= 15 is 0 Å². The molecule has 2 heteroatoms. The SMILES string of the molecule is CCCN1Cc2ccc(Cl)cc2C1. The molecule has 0 radical (unpaired) electrons. The van der Waals surface area contributed by atoms with Crippen LogP contribution in [0.3, 0.4) is 0 Å². The molecule has 0 saturated carbocycles. The van der Waals surface area contributed by atoms with E-state index in [-0.39, 0.29) is 0 Å². The van der Waals surface area contributed by atoms with Crippen LogP contribution in [0.4, 0.5) is 0 Å². The van der Waals surface area contributed by atoms with Gasteiger partial charge < -0.3 is 0 Å². The van der Waals surface area contributed by atoms with Crippen LogP contribution in [0.25, 0.3) is 0 Å². The fourth-order valence-electron chi connectivity index (χ4n) is 1.91. The first-order valence-corrected chi connectivity index (χ1v) is 5.17. The summed E-state index contributed by atoms with van der Waals surface area (Å²) in [5.41, 5.74) is 2.85. The van der Waals surface area contributed by atoms with E-state index in [0.29, 0.717) is 0 Å². The molecule has 1 heterocycles. The Morgan fingerprint density at radius 3 is 2.85 bits per heavy atom. The molecule has 1 aliphatic rings. The Bertz CT molecular complexity index is 309. The van der Waals surface area contributed by atoms with Crippen LogP contribution in [0.2, 0.25) is 5.02 Å². The minimum atomic E-state index is 0.858. The Labute approximate surface area is 84.3 Å². The van der Waals surface area contributed by atoms with Gasteiger partial charge >= 0.3 is 0 Å². The molecule has 70 valence electrons. The molecule has 13 heavy (non-hydrogen) atoms. The topological polar surface area (TPSA) is 3.24 Å². The summed E-state index contributed by atoms with van der Waals surface area (Å²) < 4.78 is 0. The molecule has 0 spiro atoms. The van der Waals surface area contributed by atoms with Gasteiger partial charge in [0.2, 0.25) is 0 Å². The van der Waals surface area contributed by atoms with Crippen LogP contribution in [0.5, 0.6) is 0 Å². The van der Waals surface area contributed by atoms with Crippen LogP contribution >= 0.6 is 11.6 Å². The zero-order valence-electron chi connectivity index (χ0n) is 7.89. The second-order valence-electron chi connectivity index (χ2n) is 3.62. The highest BCUT2D eigenvalue weighted by Crippen LogP contribution is 2.25. The van der Waals surface area contributed by atoms with E-state index in [0.717, 1.165) is 18.1 Å². The first kappa shape index (κ1) is 9.04. The van der Waals surface area contributed by atoms with Crippen molar-refractivity contribution in [1.82, 2.24) is 4.90 Å². The van der Waals surface area contributed by atoms with E-state index in [2.05, 4.69) is 24.0 Å². The predicted molar refractivity (Wildman–Crippen MR) is 55.9 cm³/mol. The van der Waals surface area contributed by atoms with E-state index in [4.69, 9.17) is 11.6 Å². The number of hydrogen-bond acceptors (Lipinski definition) is 1. The number of hydrogen-bond donors (Lipinski definition) is 0. The molecule has 0 fully saturated rings. The van der Waals surface area contributed by atoms with Gasteiger partial charge in [0.25, 0.3) is 0 Å². The fourth-order valence-corrected chi connectivity index (χ4v) is 2.10. The maximum Gasteiger partial charge on any atom is 0.0409 e. The molecule has 1 aromatic carbocycles.